The lowest BCUT2D eigenvalue weighted by Crippen LogP contribution is -2.45. The highest BCUT2D eigenvalue weighted by Gasteiger charge is 2.30. The first kappa shape index (κ1) is 29.2. The standard InChI is InChI=1S/C19H28N2O7.C6H5ClO/c1-11(2)8-27-13-7-12(3)28-19(24)14(10-26-9-13)21-18(23)16-17(22)15(25-4)5-6-20-16;7-5-2-1-3-6(8)4-5/h5-6,11-14,22H,7-10H2,1-4H3,(H,21,23);1-4,8H/t12?,13?,14-;/m0./s1. The van der Waals surface area contributed by atoms with Crippen LogP contribution in [0.15, 0.2) is 36.5 Å². The molecule has 0 spiro atoms. The largest absolute Gasteiger partial charge is 0.508 e. The molecule has 0 saturated carbocycles. The zero-order valence-electron chi connectivity index (χ0n) is 20.8. The second-order valence-electron chi connectivity index (χ2n) is 8.59. The lowest BCUT2D eigenvalue weighted by Gasteiger charge is -2.21. The highest BCUT2D eigenvalue weighted by molar-refractivity contribution is 6.30. The number of esters is 1. The Hall–Kier alpha value is -3.08. The molecule has 0 radical (unpaired) electrons. The number of benzene rings is 1. The first-order chi connectivity index (χ1) is 17.1. The number of rotatable bonds is 6. The van der Waals surface area contributed by atoms with E-state index in [4.69, 9.17) is 35.7 Å². The van der Waals surface area contributed by atoms with Crippen molar-refractivity contribution in [1.29, 1.82) is 0 Å². The van der Waals surface area contributed by atoms with E-state index in [-0.39, 0.29) is 36.5 Å². The van der Waals surface area contributed by atoms with Gasteiger partial charge in [0.2, 0.25) is 0 Å². The molecule has 2 unspecified atom stereocenters. The predicted molar refractivity (Wildman–Crippen MR) is 132 cm³/mol. The Morgan fingerprint density at radius 1 is 1.28 bits per heavy atom. The molecule has 1 fully saturated rings. The van der Waals surface area contributed by atoms with E-state index in [1.165, 1.54) is 25.4 Å². The van der Waals surface area contributed by atoms with E-state index >= 15 is 0 Å². The number of methoxy groups -OCH3 is 1. The second kappa shape index (κ2) is 14.5. The first-order valence-electron chi connectivity index (χ1n) is 11.5. The van der Waals surface area contributed by atoms with Crippen LogP contribution in [0.25, 0.3) is 0 Å². The van der Waals surface area contributed by atoms with E-state index in [1.54, 1.807) is 25.1 Å². The summed E-state index contributed by atoms with van der Waals surface area (Å²) < 4.78 is 21.8. The van der Waals surface area contributed by atoms with Gasteiger partial charge in [-0.3, -0.25) is 4.79 Å². The summed E-state index contributed by atoms with van der Waals surface area (Å²) in [5, 5.41) is 21.9. The molecule has 0 aliphatic carbocycles. The normalized spacial score (nSPS) is 20.2. The smallest absolute Gasteiger partial charge is 0.331 e. The predicted octanol–water partition coefficient (Wildman–Crippen LogP) is 3.33. The van der Waals surface area contributed by atoms with Gasteiger partial charge in [-0.15, -0.1) is 0 Å². The fraction of sp³-hybridized carbons (Fsp3) is 0.480. The first-order valence-corrected chi connectivity index (χ1v) is 11.9. The van der Waals surface area contributed by atoms with Gasteiger partial charge in [-0.25, -0.2) is 9.78 Å². The number of pyridine rings is 1. The number of carbonyl (C=O) groups excluding carboxylic acids is 2. The molecular formula is C25H33ClN2O8. The Bertz CT molecular complexity index is 987. The van der Waals surface area contributed by atoms with Crippen LogP contribution in [0.5, 0.6) is 17.2 Å². The zero-order chi connectivity index (χ0) is 26.7. The molecule has 3 atom stereocenters. The Morgan fingerprint density at radius 3 is 2.64 bits per heavy atom. The zero-order valence-corrected chi connectivity index (χ0v) is 21.5. The minimum Gasteiger partial charge on any atom is -0.508 e. The number of hydrogen-bond donors (Lipinski definition) is 3. The van der Waals surface area contributed by atoms with Gasteiger partial charge in [0, 0.05) is 30.3 Å². The quantitative estimate of drug-likeness (QED) is 0.486. The van der Waals surface area contributed by atoms with Gasteiger partial charge < -0.3 is 34.5 Å². The molecule has 1 aliphatic heterocycles. The molecule has 198 valence electrons. The van der Waals surface area contributed by atoms with Crippen LogP contribution in [0.2, 0.25) is 5.02 Å². The molecule has 2 heterocycles. The van der Waals surface area contributed by atoms with Crippen LogP contribution >= 0.6 is 11.6 Å². The summed E-state index contributed by atoms with van der Waals surface area (Å²) in [4.78, 5) is 28.7. The van der Waals surface area contributed by atoms with Crippen molar-refractivity contribution in [2.75, 3.05) is 26.9 Å². The molecule has 10 nitrogen and oxygen atoms in total. The van der Waals surface area contributed by atoms with Crippen molar-refractivity contribution in [3.8, 4) is 17.2 Å². The molecule has 11 heteroatoms. The van der Waals surface area contributed by atoms with Crippen LogP contribution in [0.1, 0.15) is 37.7 Å². The molecule has 2 aromatic rings. The van der Waals surface area contributed by atoms with Crippen molar-refractivity contribution in [3.63, 3.8) is 0 Å². The van der Waals surface area contributed by atoms with Crippen molar-refractivity contribution in [2.45, 2.75) is 45.4 Å². The van der Waals surface area contributed by atoms with E-state index in [1.807, 2.05) is 13.8 Å². The van der Waals surface area contributed by atoms with Crippen LogP contribution in [0.4, 0.5) is 0 Å². The molecule has 3 N–H and O–H groups in total. The van der Waals surface area contributed by atoms with Gasteiger partial charge in [-0.1, -0.05) is 31.5 Å². The van der Waals surface area contributed by atoms with Gasteiger partial charge in [0.25, 0.3) is 5.91 Å². The number of amides is 1. The molecule has 1 aliphatic rings. The maximum Gasteiger partial charge on any atom is 0.331 e. The van der Waals surface area contributed by atoms with Gasteiger partial charge in [0.05, 0.1) is 26.4 Å². The maximum absolute atomic E-state index is 12.5. The fourth-order valence-electron chi connectivity index (χ4n) is 3.17. The van der Waals surface area contributed by atoms with Crippen molar-refractivity contribution in [3.05, 3.63) is 47.2 Å². The number of phenolic OH excluding ortho intramolecular Hbond substituents is 1. The summed E-state index contributed by atoms with van der Waals surface area (Å²) in [6, 6.07) is 6.85. The fourth-order valence-corrected chi connectivity index (χ4v) is 3.35. The number of carbonyl (C=O) groups is 2. The third kappa shape index (κ3) is 9.52. The summed E-state index contributed by atoms with van der Waals surface area (Å²) in [7, 11) is 1.36. The van der Waals surface area contributed by atoms with E-state index in [0.717, 1.165) is 0 Å². The van der Waals surface area contributed by atoms with Gasteiger partial charge in [0.15, 0.2) is 23.2 Å². The maximum atomic E-state index is 12.5. The van der Waals surface area contributed by atoms with Crippen molar-refractivity contribution >= 4 is 23.5 Å². The lowest BCUT2D eigenvalue weighted by molar-refractivity contribution is -0.151. The number of phenols is 1. The summed E-state index contributed by atoms with van der Waals surface area (Å²) >= 11 is 5.48. The Kier molecular flexibility index (Phi) is 11.7. The highest BCUT2D eigenvalue weighted by atomic mass is 35.5. The topological polar surface area (TPSA) is 136 Å². The molecule has 1 saturated heterocycles. The third-order valence-electron chi connectivity index (χ3n) is 4.89. The number of aromatic hydroxyl groups is 2. The summed E-state index contributed by atoms with van der Waals surface area (Å²) in [5.41, 5.74) is -0.252. The van der Waals surface area contributed by atoms with Gasteiger partial charge in [0.1, 0.15) is 11.9 Å². The van der Waals surface area contributed by atoms with E-state index in [0.29, 0.717) is 24.0 Å². The molecule has 36 heavy (non-hydrogen) atoms. The van der Waals surface area contributed by atoms with E-state index in [2.05, 4.69) is 10.3 Å². The number of hydrogen-bond acceptors (Lipinski definition) is 9. The molecule has 1 aromatic heterocycles. The lowest BCUT2D eigenvalue weighted by atomic mass is 10.2. The van der Waals surface area contributed by atoms with Crippen LogP contribution in [0.3, 0.4) is 0 Å². The average molecular weight is 525 g/mol. The molecule has 1 amide bonds. The van der Waals surface area contributed by atoms with Crippen molar-refractivity contribution in [2.24, 2.45) is 5.92 Å². The van der Waals surface area contributed by atoms with Crippen LogP contribution in [-0.2, 0) is 19.0 Å². The van der Waals surface area contributed by atoms with Crippen molar-refractivity contribution in [1.82, 2.24) is 10.3 Å². The average Bonchev–Trinajstić information content (AvgIpc) is 2.87. The molecule has 1 aromatic carbocycles. The van der Waals surface area contributed by atoms with E-state index in [9.17, 15) is 14.7 Å². The second-order valence-corrected chi connectivity index (χ2v) is 9.02. The van der Waals surface area contributed by atoms with Crippen LogP contribution in [0, 0.1) is 5.92 Å². The monoisotopic (exact) mass is 524 g/mol. The third-order valence-corrected chi connectivity index (χ3v) is 5.12. The Labute approximate surface area is 215 Å². The molecule has 3 rings (SSSR count). The number of cyclic esters (lactones) is 1. The molecule has 0 bridgehead atoms. The van der Waals surface area contributed by atoms with Gasteiger partial charge in [-0.2, -0.15) is 0 Å². The number of nitrogens with zero attached hydrogens (tertiary/aromatic N) is 1. The van der Waals surface area contributed by atoms with Crippen LogP contribution in [-0.4, -0.2) is 72.3 Å². The Morgan fingerprint density at radius 2 is 2.03 bits per heavy atom. The van der Waals surface area contributed by atoms with Gasteiger partial charge in [-0.05, 0) is 31.0 Å². The SMILES string of the molecule is COc1ccnc(C(=O)N[C@H]2COCC(OCC(C)C)CC(C)OC2=O)c1O.Oc1cccc(Cl)c1. The number of aromatic nitrogens is 1. The summed E-state index contributed by atoms with van der Waals surface area (Å²) in [5.74, 6) is -1.07. The minimum atomic E-state index is -1.04. The highest BCUT2D eigenvalue weighted by Crippen LogP contribution is 2.27. The minimum absolute atomic E-state index is 0.0798. The Balaban J connectivity index is 0.000000482. The van der Waals surface area contributed by atoms with Gasteiger partial charge >= 0.3 is 5.97 Å². The number of ether oxygens (including phenoxy) is 4. The number of nitrogens with one attached hydrogen (secondary N) is 1. The van der Waals surface area contributed by atoms with Crippen molar-refractivity contribution < 1.29 is 38.7 Å². The molecular weight excluding hydrogens is 492 g/mol. The van der Waals surface area contributed by atoms with Crippen LogP contribution < -0.4 is 10.1 Å². The number of halogens is 1. The van der Waals surface area contributed by atoms with E-state index < -0.39 is 29.8 Å². The summed E-state index contributed by atoms with van der Waals surface area (Å²) in [6.07, 6.45) is 1.22. The summed E-state index contributed by atoms with van der Waals surface area (Å²) in [6.45, 7) is 6.64.